The van der Waals surface area contributed by atoms with Gasteiger partial charge in [0.25, 0.3) is 0 Å². The van der Waals surface area contributed by atoms with Crippen LogP contribution in [0.4, 0.5) is 0 Å². The van der Waals surface area contributed by atoms with Crippen LogP contribution in [0.5, 0.6) is 0 Å². The maximum atomic E-state index is 11.4. The molecule has 1 saturated carbocycles. The van der Waals surface area contributed by atoms with Crippen LogP contribution in [0, 0.1) is 0 Å². The summed E-state index contributed by atoms with van der Waals surface area (Å²) in [5.41, 5.74) is 0. The second-order valence-electron chi connectivity index (χ2n) is 4.74. The first-order chi connectivity index (χ1) is 7.79. The molecule has 16 heavy (non-hydrogen) atoms. The molecule has 0 spiro atoms. The largest absolute Gasteiger partial charge is 0.468 e. The van der Waals surface area contributed by atoms with Crippen molar-refractivity contribution in [3.8, 4) is 0 Å². The topological polar surface area (TPSA) is 38.3 Å². The number of rotatable bonds is 3. The molecule has 0 radical (unpaired) electrons. The van der Waals surface area contributed by atoms with Crippen molar-refractivity contribution in [2.24, 2.45) is 0 Å². The molecular weight excluding hydrogens is 222 g/mol. The molecule has 0 unspecified atom stereocenters. The number of hydrogen-bond donors (Lipinski definition) is 1. The Labute approximate surface area is 102 Å². The Kier molecular flexibility index (Phi) is 4.53. The lowest BCUT2D eigenvalue weighted by Crippen LogP contribution is -2.31. The number of methoxy groups -OCH3 is 1. The van der Waals surface area contributed by atoms with E-state index in [0.29, 0.717) is 5.25 Å². The second-order valence-corrected chi connectivity index (χ2v) is 6.34. The monoisotopic (exact) mass is 243 g/mol. The fourth-order valence-electron chi connectivity index (χ4n) is 2.60. The minimum Gasteiger partial charge on any atom is -0.468 e. The van der Waals surface area contributed by atoms with Crippen molar-refractivity contribution in [3.05, 3.63) is 0 Å². The van der Waals surface area contributed by atoms with Crippen molar-refractivity contribution in [1.82, 2.24) is 5.32 Å². The Balaban J connectivity index is 1.73. The Morgan fingerprint density at radius 3 is 2.69 bits per heavy atom. The summed E-state index contributed by atoms with van der Waals surface area (Å²) in [5.74, 6) is -0.105. The van der Waals surface area contributed by atoms with E-state index in [4.69, 9.17) is 4.74 Å². The van der Waals surface area contributed by atoms with Crippen molar-refractivity contribution in [3.63, 3.8) is 0 Å². The lowest BCUT2D eigenvalue weighted by molar-refractivity contribution is -0.142. The predicted octanol–water partition coefficient (Wildman–Crippen LogP) is 1.96. The van der Waals surface area contributed by atoms with Gasteiger partial charge in [-0.05, 0) is 19.3 Å². The zero-order chi connectivity index (χ0) is 11.4. The van der Waals surface area contributed by atoms with Crippen LogP contribution in [0.2, 0.25) is 0 Å². The van der Waals surface area contributed by atoms with E-state index >= 15 is 0 Å². The summed E-state index contributed by atoms with van der Waals surface area (Å²) in [6, 6.07) is -0.0638. The lowest BCUT2D eigenvalue weighted by atomic mass is 10.0. The third-order valence-corrected chi connectivity index (χ3v) is 5.11. The van der Waals surface area contributed by atoms with Crippen LogP contribution in [0.1, 0.15) is 38.5 Å². The van der Waals surface area contributed by atoms with Gasteiger partial charge in [0.2, 0.25) is 0 Å². The van der Waals surface area contributed by atoms with E-state index < -0.39 is 0 Å². The quantitative estimate of drug-likeness (QED) is 0.769. The zero-order valence-corrected chi connectivity index (χ0v) is 10.7. The minimum absolute atomic E-state index is 0.0638. The standard InChI is InChI=1S/C12H21NO2S/c1-15-12(14)11-7-10(8-13-11)16-9-5-3-2-4-6-9/h9-11,13H,2-8H2,1H3/t10-,11+/m1/s1. The number of hydrogen-bond acceptors (Lipinski definition) is 4. The maximum Gasteiger partial charge on any atom is 0.322 e. The molecule has 2 fully saturated rings. The average Bonchev–Trinajstić information content (AvgIpc) is 2.78. The van der Waals surface area contributed by atoms with Gasteiger partial charge in [0.15, 0.2) is 0 Å². The first-order valence-corrected chi connectivity index (χ1v) is 7.20. The van der Waals surface area contributed by atoms with Gasteiger partial charge in [-0.15, -0.1) is 0 Å². The van der Waals surface area contributed by atoms with Gasteiger partial charge in [0.05, 0.1) is 7.11 Å². The van der Waals surface area contributed by atoms with Crippen molar-refractivity contribution >= 4 is 17.7 Å². The SMILES string of the molecule is COC(=O)[C@@H]1C[C@@H](SC2CCCCC2)CN1. The van der Waals surface area contributed by atoms with E-state index in [9.17, 15) is 4.79 Å². The van der Waals surface area contributed by atoms with Crippen molar-refractivity contribution in [1.29, 1.82) is 0 Å². The fraction of sp³-hybridized carbons (Fsp3) is 0.917. The van der Waals surface area contributed by atoms with E-state index in [1.165, 1.54) is 39.2 Å². The molecule has 92 valence electrons. The van der Waals surface area contributed by atoms with Crippen LogP contribution in [-0.2, 0) is 9.53 Å². The van der Waals surface area contributed by atoms with Crippen molar-refractivity contribution in [2.45, 2.75) is 55.1 Å². The molecule has 1 saturated heterocycles. The predicted molar refractivity (Wildman–Crippen MR) is 66.7 cm³/mol. The highest BCUT2D eigenvalue weighted by atomic mass is 32.2. The molecule has 1 heterocycles. The van der Waals surface area contributed by atoms with Gasteiger partial charge in [0, 0.05) is 17.0 Å². The maximum absolute atomic E-state index is 11.4. The fourth-order valence-corrected chi connectivity index (χ4v) is 4.25. The molecule has 2 aliphatic rings. The van der Waals surface area contributed by atoms with Gasteiger partial charge in [-0.1, -0.05) is 19.3 Å². The summed E-state index contributed by atoms with van der Waals surface area (Å²) in [6.45, 7) is 0.959. The summed E-state index contributed by atoms with van der Waals surface area (Å²) < 4.78 is 4.76. The van der Waals surface area contributed by atoms with Crippen molar-refractivity contribution in [2.75, 3.05) is 13.7 Å². The molecule has 3 nitrogen and oxygen atoms in total. The van der Waals surface area contributed by atoms with E-state index in [1.807, 2.05) is 0 Å². The van der Waals surface area contributed by atoms with Crippen LogP contribution >= 0.6 is 11.8 Å². The molecule has 0 bridgehead atoms. The molecule has 2 atom stereocenters. The first-order valence-electron chi connectivity index (χ1n) is 6.26. The molecule has 4 heteroatoms. The molecule has 2 rings (SSSR count). The molecule has 0 amide bonds. The smallest absolute Gasteiger partial charge is 0.322 e. The van der Waals surface area contributed by atoms with E-state index in [-0.39, 0.29) is 12.0 Å². The summed E-state index contributed by atoms with van der Waals surface area (Å²) in [5, 5.41) is 4.69. The number of thioether (sulfide) groups is 1. The van der Waals surface area contributed by atoms with Crippen LogP contribution in [0.3, 0.4) is 0 Å². The van der Waals surface area contributed by atoms with Gasteiger partial charge in [0.1, 0.15) is 6.04 Å². The molecule has 0 aromatic carbocycles. The third-order valence-electron chi connectivity index (χ3n) is 3.51. The van der Waals surface area contributed by atoms with Crippen LogP contribution < -0.4 is 5.32 Å². The van der Waals surface area contributed by atoms with E-state index in [2.05, 4.69) is 17.1 Å². The Morgan fingerprint density at radius 2 is 2.00 bits per heavy atom. The van der Waals surface area contributed by atoms with Crippen LogP contribution in [0.15, 0.2) is 0 Å². The lowest BCUT2D eigenvalue weighted by Gasteiger charge is -2.23. The van der Waals surface area contributed by atoms with Gasteiger partial charge in [-0.25, -0.2) is 0 Å². The van der Waals surface area contributed by atoms with Gasteiger partial charge >= 0.3 is 5.97 Å². The highest BCUT2D eigenvalue weighted by Crippen LogP contribution is 2.34. The molecule has 1 aliphatic carbocycles. The highest BCUT2D eigenvalue weighted by Gasteiger charge is 2.32. The molecule has 0 aromatic rings. The second kappa shape index (κ2) is 5.92. The van der Waals surface area contributed by atoms with Crippen molar-refractivity contribution < 1.29 is 9.53 Å². The van der Waals surface area contributed by atoms with Gasteiger partial charge in [-0.3, -0.25) is 4.79 Å². The number of carbonyl (C=O) groups excluding carboxylic acids is 1. The van der Waals surface area contributed by atoms with Gasteiger partial charge < -0.3 is 10.1 Å². The molecule has 0 aromatic heterocycles. The Bertz CT molecular complexity index is 241. The summed E-state index contributed by atoms with van der Waals surface area (Å²) >= 11 is 2.09. The average molecular weight is 243 g/mol. The third kappa shape index (κ3) is 3.14. The Hall–Kier alpha value is -0.220. The summed E-state index contributed by atoms with van der Waals surface area (Å²) in [4.78, 5) is 11.4. The molecular formula is C12H21NO2S. The Morgan fingerprint density at radius 1 is 1.25 bits per heavy atom. The number of ether oxygens (including phenoxy) is 1. The summed E-state index contributed by atoms with van der Waals surface area (Å²) in [6.07, 6.45) is 7.85. The van der Waals surface area contributed by atoms with Crippen LogP contribution in [0.25, 0.3) is 0 Å². The van der Waals surface area contributed by atoms with E-state index in [1.54, 1.807) is 0 Å². The van der Waals surface area contributed by atoms with Crippen LogP contribution in [-0.4, -0.2) is 36.2 Å². The molecule has 1 aliphatic heterocycles. The minimum atomic E-state index is -0.105. The first kappa shape index (κ1) is 12.2. The summed E-state index contributed by atoms with van der Waals surface area (Å²) in [7, 11) is 1.46. The van der Waals surface area contributed by atoms with E-state index in [0.717, 1.165) is 18.2 Å². The molecule has 1 N–H and O–H groups in total. The zero-order valence-electron chi connectivity index (χ0n) is 9.91. The van der Waals surface area contributed by atoms with Gasteiger partial charge in [-0.2, -0.15) is 11.8 Å². The normalized spacial score (nSPS) is 31.6. The number of carbonyl (C=O) groups is 1. The number of nitrogens with one attached hydrogen (secondary N) is 1. The number of esters is 1. The highest BCUT2D eigenvalue weighted by molar-refractivity contribution is 8.00.